The number of anilines is 1. The molecule has 3 heterocycles. The molecule has 2 bridgehead atoms. The lowest BCUT2D eigenvalue weighted by atomic mass is 9.62. The maximum absolute atomic E-state index is 13.6. The Labute approximate surface area is 186 Å². The largest absolute Gasteiger partial charge is 0.396 e. The van der Waals surface area contributed by atoms with E-state index in [0.29, 0.717) is 23.6 Å². The summed E-state index contributed by atoms with van der Waals surface area (Å²) in [6.45, 7) is 3.93. The predicted molar refractivity (Wildman–Crippen MR) is 114 cm³/mol. The lowest BCUT2D eigenvalue weighted by Crippen LogP contribution is -2.54. The molecule has 31 heavy (non-hydrogen) atoms. The summed E-state index contributed by atoms with van der Waals surface area (Å²) in [7, 11) is 1.54. The summed E-state index contributed by atoms with van der Waals surface area (Å²) < 4.78 is 6.52. The van der Waals surface area contributed by atoms with E-state index in [1.807, 2.05) is 13.8 Å². The van der Waals surface area contributed by atoms with Crippen molar-refractivity contribution < 1.29 is 24.2 Å². The fraction of sp³-hybridized carbons (Fsp3) is 0.591. The molecular formula is C22H28ClN3O5. The van der Waals surface area contributed by atoms with Crippen LogP contribution in [0, 0.1) is 17.8 Å². The molecule has 3 N–H and O–H groups in total. The first-order valence-electron chi connectivity index (χ1n) is 10.6. The van der Waals surface area contributed by atoms with E-state index in [-0.39, 0.29) is 30.9 Å². The SMILES string of the molecule is CNC(=O)[C@@H]1[C@H]2C(=O)N(CCCO)C(C(=O)Nc3ccccc3Cl)C23CC(C)[C@@]1(C)O3. The van der Waals surface area contributed by atoms with Crippen LogP contribution in [0.4, 0.5) is 5.69 Å². The van der Waals surface area contributed by atoms with E-state index in [1.54, 1.807) is 31.3 Å². The smallest absolute Gasteiger partial charge is 0.250 e. The van der Waals surface area contributed by atoms with E-state index in [4.69, 9.17) is 16.3 Å². The van der Waals surface area contributed by atoms with Crippen LogP contribution in [-0.4, -0.2) is 65.2 Å². The van der Waals surface area contributed by atoms with E-state index in [1.165, 1.54) is 4.90 Å². The van der Waals surface area contributed by atoms with Gasteiger partial charge in [-0.15, -0.1) is 0 Å². The van der Waals surface area contributed by atoms with Gasteiger partial charge in [0.05, 0.1) is 28.1 Å². The molecular weight excluding hydrogens is 422 g/mol. The fourth-order valence-corrected chi connectivity index (χ4v) is 6.02. The molecule has 0 saturated carbocycles. The van der Waals surface area contributed by atoms with Crippen molar-refractivity contribution in [2.45, 2.75) is 43.9 Å². The third-order valence-electron chi connectivity index (χ3n) is 7.28. The van der Waals surface area contributed by atoms with Crippen molar-refractivity contribution in [1.82, 2.24) is 10.2 Å². The highest BCUT2D eigenvalue weighted by molar-refractivity contribution is 6.33. The van der Waals surface area contributed by atoms with E-state index in [9.17, 15) is 19.5 Å². The number of hydrogen-bond donors (Lipinski definition) is 3. The van der Waals surface area contributed by atoms with Gasteiger partial charge in [-0.3, -0.25) is 14.4 Å². The summed E-state index contributed by atoms with van der Waals surface area (Å²) >= 11 is 6.23. The zero-order chi connectivity index (χ0) is 22.6. The van der Waals surface area contributed by atoms with Crippen LogP contribution in [0.5, 0.6) is 0 Å². The maximum Gasteiger partial charge on any atom is 0.250 e. The van der Waals surface area contributed by atoms with Crippen LogP contribution in [0.2, 0.25) is 5.02 Å². The lowest BCUT2D eigenvalue weighted by Gasteiger charge is -2.36. The van der Waals surface area contributed by atoms with Crippen molar-refractivity contribution in [2.75, 3.05) is 25.5 Å². The average molecular weight is 450 g/mol. The zero-order valence-corrected chi connectivity index (χ0v) is 18.6. The lowest BCUT2D eigenvalue weighted by molar-refractivity contribution is -0.146. The van der Waals surface area contributed by atoms with Crippen LogP contribution in [0.15, 0.2) is 24.3 Å². The molecule has 1 spiro atoms. The molecule has 8 nitrogen and oxygen atoms in total. The number of aliphatic hydroxyl groups is 1. The van der Waals surface area contributed by atoms with Crippen LogP contribution in [-0.2, 0) is 19.1 Å². The first-order chi connectivity index (χ1) is 14.7. The normalized spacial score (nSPS) is 35.9. The number of rotatable bonds is 6. The second-order valence-corrected chi connectivity index (χ2v) is 9.30. The molecule has 3 saturated heterocycles. The van der Waals surface area contributed by atoms with Gasteiger partial charge in [0.15, 0.2) is 0 Å². The number of hydrogen-bond acceptors (Lipinski definition) is 5. The average Bonchev–Trinajstić information content (AvgIpc) is 3.24. The molecule has 3 unspecified atom stereocenters. The Morgan fingerprint density at radius 2 is 2.03 bits per heavy atom. The number of para-hydroxylation sites is 1. The topological polar surface area (TPSA) is 108 Å². The van der Waals surface area contributed by atoms with Gasteiger partial charge in [-0.1, -0.05) is 30.7 Å². The van der Waals surface area contributed by atoms with Crippen LogP contribution in [0.3, 0.4) is 0 Å². The number of halogens is 1. The number of amides is 3. The Bertz CT molecular complexity index is 926. The van der Waals surface area contributed by atoms with Gasteiger partial charge in [-0.05, 0) is 37.8 Å². The molecule has 4 rings (SSSR count). The highest BCUT2D eigenvalue weighted by Gasteiger charge is 2.79. The summed E-state index contributed by atoms with van der Waals surface area (Å²) in [6, 6.07) is 5.95. The number of likely N-dealkylation sites (tertiary alicyclic amines) is 1. The van der Waals surface area contributed by atoms with Gasteiger partial charge in [-0.2, -0.15) is 0 Å². The number of carbonyl (C=O) groups is 3. The number of carbonyl (C=O) groups excluding carboxylic acids is 3. The Kier molecular flexibility index (Phi) is 5.52. The van der Waals surface area contributed by atoms with Crippen LogP contribution < -0.4 is 10.6 Å². The molecule has 0 aromatic heterocycles. The Hall–Kier alpha value is -2.16. The van der Waals surface area contributed by atoms with E-state index < -0.39 is 35.0 Å². The Morgan fingerprint density at radius 3 is 2.68 bits per heavy atom. The van der Waals surface area contributed by atoms with Crippen molar-refractivity contribution in [3.8, 4) is 0 Å². The van der Waals surface area contributed by atoms with Crippen LogP contribution in [0.25, 0.3) is 0 Å². The molecule has 1 aromatic rings. The zero-order valence-electron chi connectivity index (χ0n) is 17.9. The number of nitrogens with zero attached hydrogens (tertiary/aromatic N) is 1. The highest BCUT2D eigenvalue weighted by Crippen LogP contribution is 2.65. The number of ether oxygens (including phenoxy) is 1. The summed E-state index contributed by atoms with van der Waals surface area (Å²) in [5.74, 6) is -2.42. The third-order valence-corrected chi connectivity index (χ3v) is 7.61. The number of fused-ring (bicyclic) bond motifs is 1. The molecule has 6 atom stereocenters. The predicted octanol–water partition coefficient (Wildman–Crippen LogP) is 1.42. The number of benzene rings is 1. The fourth-order valence-electron chi connectivity index (χ4n) is 5.84. The van der Waals surface area contributed by atoms with E-state index in [2.05, 4.69) is 10.6 Å². The Balaban J connectivity index is 1.77. The molecule has 3 aliphatic rings. The monoisotopic (exact) mass is 449 g/mol. The minimum atomic E-state index is -1.11. The molecule has 9 heteroatoms. The van der Waals surface area contributed by atoms with Crippen molar-refractivity contribution in [3.63, 3.8) is 0 Å². The van der Waals surface area contributed by atoms with Gasteiger partial charge < -0.3 is 25.4 Å². The van der Waals surface area contributed by atoms with Crippen LogP contribution in [0.1, 0.15) is 26.7 Å². The van der Waals surface area contributed by atoms with Gasteiger partial charge in [-0.25, -0.2) is 0 Å². The number of aliphatic hydroxyl groups excluding tert-OH is 1. The van der Waals surface area contributed by atoms with Gasteiger partial charge in [0.1, 0.15) is 11.6 Å². The van der Waals surface area contributed by atoms with Crippen LogP contribution >= 0.6 is 11.6 Å². The van der Waals surface area contributed by atoms with Gasteiger partial charge in [0.2, 0.25) is 17.7 Å². The summed E-state index contributed by atoms with van der Waals surface area (Å²) in [5.41, 5.74) is -1.51. The third kappa shape index (κ3) is 3.07. The number of nitrogens with one attached hydrogen (secondary N) is 2. The van der Waals surface area contributed by atoms with E-state index >= 15 is 0 Å². The van der Waals surface area contributed by atoms with Crippen molar-refractivity contribution in [3.05, 3.63) is 29.3 Å². The van der Waals surface area contributed by atoms with Crippen molar-refractivity contribution in [1.29, 1.82) is 0 Å². The molecule has 3 aliphatic heterocycles. The highest BCUT2D eigenvalue weighted by atomic mass is 35.5. The standard InChI is InChI=1S/C22H28ClN3O5/c1-12-11-22-16(15(18(28)24-3)21(12,2)31-22)20(30)26(9-6-10-27)17(22)19(29)25-14-8-5-4-7-13(14)23/h4-5,7-8,12,15-17,27H,6,9-11H2,1-3H3,(H,24,28)(H,25,29)/t12?,15-,16-,17?,21+,22?/m0/s1. The second kappa shape index (κ2) is 7.76. The summed E-state index contributed by atoms with van der Waals surface area (Å²) in [5, 5.41) is 15.3. The molecule has 0 radical (unpaired) electrons. The molecule has 1 aromatic carbocycles. The first-order valence-corrected chi connectivity index (χ1v) is 11.0. The van der Waals surface area contributed by atoms with Crippen molar-refractivity contribution >= 4 is 35.0 Å². The van der Waals surface area contributed by atoms with Crippen molar-refractivity contribution in [2.24, 2.45) is 17.8 Å². The van der Waals surface area contributed by atoms with Gasteiger partial charge >= 0.3 is 0 Å². The van der Waals surface area contributed by atoms with Gasteiger partial charge in [0.25, 0.3) is 0 Å². The minimum Gasteiger partial charge on any atom is -0.396 e. The Morgan fingerprint density at radius 1 is 1.32 bits per heavy atom. The summed E-state index contributed by atoms with van der Waals surface area (Å²) in [4.78, 5) is 41.5. The van der Waals surface area contributed by atoms with Gasteiger partial charge in [0, 0.05) is 20.2 Å². The minimum absolute atomic E-state index is 0.0211. The second-order valence-electron chi connectivity index (χ2n) is 8.90. The van der Waals surface area contributed by atoms with E-state index in [0.717, 1.165) is 0 Å². The quantitative estimate of drug-likeness (QED) is 0.608. The summed E-state index contributed by atoms with van der Waals surface area (Å²) in [6.07, 6.45) is 0.811. The molecule has 3 fully saturated rings. The molecule has 3 amide bonds. The maximum atomic E-state index is 13.6. The molecule has 168 valence electrons. The molecule has 0 aliphatic carbocycles. The first kappa shape index (κ1) is 22.0.